The van der Waals surface area contributed by atoms with E-state index in [4.69, 9.17) is 4.74 Å². The van der Waals surface area contributed by atoms with Crippen molar-refractivity contribution in [3.8, 4) is 0 Å². The molecule has 180 valence electrons. The van der Waals surface area contributed by atoms with Crippen molar-refractivity contribution in [1.29, 1.82) is 0 Å². The first-order valence-corrected chi connectivity index (χ1v) is 13.0. The lowest BCUT2D eigenvalue weighted by molar-refractivity contribution is -0.140. The van der Waals surface area contributed by atoms with Crippen LogP contribution in [0.1, 0.15) is 75.0 Å². The molecule has 5 heteroatoms. The van der Waals surface area contributed by atoms with Crippen LogP contribution < -0.4 is 0 Å². The van der Waals surface area contributed by atoms with Crippen LogP contribution in [0.2, 0.25) is 0 Å². The predicted octanol–water partition coefficient (Wildman–Crippen LogP) is 6.80. The van der Waals surface area contributed by atoms with E-state index in [1.807, 2.05) is 25.1 Å². The summed E-state index contributed by atoms with van der Waals surface area (Å²) in [5.41, 5.74) is 3.71. The number of carbonyl (C=O) groups excluding carboxylic acids is 1. The fraction of sp³-hybridized carbons (Fsp3) is 0.500. The molecule has 2 aromatic carbocycles. The first kappa shape index (κ1) is 27.0. The molecule has 0 amide bonds. The molecule has 2 rings (SSSR count). The molecule has 0 bridgehead atoms. The van der Waals surface area contributed by atoms with E-state index in [1.54, 1.807) is 0 Å². The maximum atomic E-state index is 11.6. The van der Waals surface area contributed by atoms with Gasteiger partial charge in [-0.05, 0) is 49.3 Å². The quantitative estimate of drug-likeness (QED) is 0.216. The van der Waals surface area contributed by atoms with E-state index < -0.39 is 10.7 Å². The van der Waals surface area contributed by atoms with Gasteiger partial charge in [0.2, 0.25) is 0 Å². The number of carboxylic acid groups (broad SMARTS) is 1. The van der Waals surface area contributed by atoms with Crippen molar-refractivity contribution >= 4 is 23.7 Å². The van der Waals surface area contributed by atoms with Gasteiger partial charge >= 0.3 is 11.9 Å². The highest BCUT2D eigenvalue weighted by Crippen LogP contribution is 2.42. The molecular formula is C28H38O4S. The first-order valence-electron chi connectivity index (χ1n) is 12.0. The SMILES string of the molecule is COC(=O)CCS[C@@](C)(CC(=O)O)c1ccccc1CCCCCCCCc1ccccc1. The molecule has 0 aromatic heterocycles. The minimum Gasteiger partial charge on any atom is -0.481 e. The number of methoxy groups -OCH3 is 1. The number of esters is 1. The van der Waals surface area contributed by atoms with Crippen LogP contribution in [0.4, 0.5) is 0 Å². The molecule has 1 N–H and O–H groups in total. The number of thioether (sulfide) groups is 1. The van der Waals surface area contributed by atoms with Gasteiger partial charge in [0.25, 0.3) is 0 Å². The summed E-state index contributed by atoms with van der Waals surface area (Å²) in [4.78, 5) is 23.1. The number of carbonyl (C=O) groups is 2. The number of benzene rings is 2. The van der Waals surface area contributed by atoms with Crippen LogP contribution in [0, 0.1) is 0 Å². The van der Waals surface area contributed by atoms with Gasteiger partial charge in [-0.25, -0.2) is 0 Å². The van der Waals surface area contributed by atoms with E-state index in [9.17, 15) is 14.7 Å². The molecular weight excluding hydrogens is 432 g/mol. The van der Waals surface area contributed by atoms with E-state index in [1.165, 1.54) is 62.1 Å². The second kappa shape index (κ2) is 14.8. The third-order valence-corrected chi connectivity index (χ3v) is 7.44. The lowest BCUT2D eigenvalue weighted by Gasteiger charge is -2.30. The van der Waals surface area contributed by atoms with Crippen molar-refractivity contribution in [2.24, 2.45) is 0 Å². The monoisotopic (exact) mass is 470 g/mol. The van der Waals surface area contributed by atoms with Crippen molar-refractivity contribution in [1.82, 2.24) is 0 Å². The van der Waals surface area contributed by atoms with Crippen molar-refractivity contribution < 1.29 is 19.4 Å². The molecule has 0 aliphatic rings. The number of carboxylic acids is 1. The van der Waals surface area contributed by atoms with Gasteiger partial charge in [0, 0.05) is 10.5 Å². The van der Waals surface area contributed by atoms with Crippen molar-refractivity contribution in [3.63, 3.8) is 0 Å². The van der Waals surface area contributed by atoms with Crippen LogP contribution in [0.5, 0.6) is 0 Å². The van der Waals surface area contributed by atoms with Gasteiger partial charge in [0.15, 0.2) is 0 Å². The van der Waals surface area contributed by atoms with Gasteiger partial charge < -0.3 is 9.84 Å². The van der Waals surface area contributed by atoms with Crippen LogP contribution in [0.15, 0.2) is 54.6 Å². The minimum absolute atomic E-state index is 0.0251. The van der Waals surface area contributed by atoms with Gasteiger partial charge in [-0.2, -0.15) is 0 Å². The average molecular weight is 471 g/mol. The number of aryl methyl sites for hydroxylation is 2. The molecule has 0 aliphatic heterocycles. The Labute approximate surface area is 203 Å². The van der Waals surface area contributed by atoms with Crippen LogP contribution >= 0.6 is 11.8 Å². The van der Waals surface area contributed by atoms with Crippen molar-refractivity contribution in [3.05, 3.63) is 71.3 Å². The second-order valence-electron chi connectivity index (χ2n) is 8.74. The van der Waals surface area contributed by atoms with E-state index in [-0.39, 0.29) is 18.8 Å². The topological polar surface area (TPSA) is 63.6 Å². The summed E-state index contributed by atoms with van der Waals surface area (Å²) < 4.78 is 4.15. The second-order valence-corrected chi connectivity index (χ2v) is 10.3. The zero-order valence-corrected chi connectivity index (χ0v) is 20.9. The van der Waals surface area contributed by atoms with Crippen LogP contribution in [-0.4, -0.2) is 29.9 Å². The van der Waals surface area contributed by atoms with Gasteiger partial charge in [-0.3, -0.25) is 9.59 Å². The summed E-state index contributed by atoms with van der Waals surface area (Å²) in [5, 5.41) is 9.54. The molecule has 2 aromatic rings. The number of rotatable bonds is 16. The standard InChI is InChI=1S/C28H38O4S/c1-28(22-26(29)30,33-21-20-27(31)32-2)25-19-13-12-18-24(25)17-11-6-4-3-5-8-14-23-15-9-7-10-16-23/h7,9-10,12-13,15-16,18-19H,3-6,8,11,14,17,20-22H2,1-2H3,(H,29,30)/t28-/m0/s1. The highest BCUT2D eigenvalue weighted by Gasteiger charge is 2.32. The average Bonchev–Trinajstić information content (AvgIpc) is 2.81. The van der Waals surface area contributed by atoms with E-state index >= 15 is 0 Å². The number of unbranched alkanes of at least 4 members (excludes halogenated alkanes) is 5. The third kappa shape index (κ3) is 10.0. The highest BCUT2D eigenvalue weighted by atomic mass is 32.2. The van der Waals surface area contributed by atoms with Gasteiger partial charge in [0.1, 0.15) is 0 Å². The molecule has 0 unspecified atom stereocenters. The fourth-order valence-corrected chi connectivity index (χ4v) is 5.52. The summed E-state index contributed by atoms with van der Waals surface area (Å²) in [6.45, 7) is 1.98. The van der Waals surface area contributed by atoms with Crippen LogP contribution in [0.25, 0.3) is 0 Å². The number of aliphatic carboxylic acids is 1. The summed E-state index contributed by atoms with van der Waals surface area (Å²) in [6.07, 6.45) is 9.70. The molecule has 33 heavy (non-hydrogen) atoms. The van der Waals surface area contributed by atoms with Gasteiger partial charge in [-0.1, -0.05) is 80.3 Å². The van der Waals surface area contributed by atoms with Crippen molar-refractivity contribution in [2.75, 3.05) is 12.9 Å². The smallest absolute Gasteiger partial charge is 0.306 e. The Morgan fingerprint density at radius 1 is 0.879 bits per heavy atom. The van der Waals surface area contributed by atoms with E-state index in [2.05, 4.69) is 36.4 Å². The predicted molar refractivity (Wildman–Crippen MR) is 137 cm³/mol. The lowest BCUT2D eigenvalue weighted by atomic mass is 9.89. The van der Waals surface area contributed by atoms with E-state index in [0.29, 0.717) is 5.75 Å². The minimum atomic E-state index is -0.826. The molecule has 1 atom stereocenters. The Balaban J connectivity index is 1.82. The molecule has 0 fully saturated rings. The van der Waals surface area contributed by atoms with Crippen molar-refractivity contribution in [2.45, 2.75) is 75.9 Å². The molecule has 0 aliphatic carbocycles. The zero-order valence-electron chi connectivity index (χ0n) is 20.1. The Morgan fingerprint density at radius 2 is 1.48 bits per heavy atom. The third-order valence-electron chi connectivity index (χ3n) is 6.03. The first-order chi connectivity index (χ1) is 15.9. The molecule has 0 heterocycles. The Morgan fingerprint density at radius 3 is 2.15 bits per heavy atom. The lowest BCUT2D eigenvalue weighted by Crippen LogP contribution is -2.24. The molecule has 0 saturated carbocycles. The fourth-order valence-electron chi connectivity index (χ4n) is 4.22. The van der Waals surface area contributed by atoms with Crippen LogP contribution in [0.3, 0.4) is 0 Å². The molecule has 0 saturated heterocycles. The molecule has 0 spiro atoms. The highest BCUT2D eigenvalue weighted by molar-refractivity contribution is 8.00. The summed E-state index contributed by atoms with van der Waals surface area (Å²) in [6, 6.07) is 18.8. The maximum Gasteiger partial charge on any atom is 0.306 e. The number of hydrogen-bond donors (Lipinski definition) is 1. The largest absolute Gasteiger partial charge is 0.481 e. The van der Waals surface area contributed by atoms with Crippen LogP contribution in [-0.2, 0) is 31.9 Å². The van der Waals surface area contributed by atoms with Gasteiger partial charge in [-0.15, -0.1) is 11.8 Å². The number of ether oxygens (including phenoxy) is 1. The summed E-state index contributed by atoms with van der Waals surface area (Å²) in [7, 11) is 1.38. The molecule has 0 radical (unpaired) electrons. The Bertz CT molecular complexity index is 852. The Kier molecular flexibility index (Phi) is 12.1. The summed E-state index contributed by atoms with van der Waals surface area (Å²) in [5.74, 6) is -0.557. The molecule has 4 nitrogen and oxygen atoms in total. The zero-order chi connectivity index (χ0) is 23.9. The van der Waals surface area contributed by atoms with Gasteiger partial charge in [0.05, 0.1) is 20.0 Å². The summed E-state index contributed by atoms with van der Waals surface area (Å²) >= 11 is 1.53. The Hall–Kier alpha value is -2.27. The maximum absolute atomic E-state index is 11.6. The normalized spacial score (nSPS) is 12.8. The van der Waals surface area contributed by atoms with E-state index in [0.717, 1.165) is 24.8 Å². The number of hydrogen-bond acceptors (Lipinski definition) is 4.